The summed E-state index contributed by atoms with van der Waals surface area (Å²) in [6.07, 6.45) is 5.66. The van der Waals surface area contributed by atoms with Crippen molar-refractivity contribution in [3.05, 3.63) is 54.0 Å². The number of hydrogen-bond acceptors (Lipinski definition) is 5. The number of aromatic nitrogens is 2. The topological polar surface area (TPSA) is 84.0 Å². The third-order valence-corrected chi connectivity index (χ3v) is 3.94. The van der Waals surface area contributed by atoms with Crippen LogP contribution in [0.25, 0.3) is 0 Å². The van der Waals surface area contributed by atoms with Crippen LogP contribution < -0.4 is 10.6 Å². The predicted molar refractivity (Wildman–Crippen MR) is 97.7 cm³/mol. The first-order valence-electron chi connectivity index (χ1n) is 8.53. The Labute approximate surface area is 148 Å². The van der Waals surface area contributed by atoms with Crippen LogP contribution in [0.4, 0.5) is 5.82 Å². The van der Waals surface area contributed by atoms with Crippen LogP contribution in [0.15, 0.2) is 42.7 Å². The Kier molecular flexibility index (Phi) is 7.22. The van der Waals surface area contributed by atoms with Gasteiger partial charge in [0.15, 0.2) is 5.78 Å². The molecular formula is C19H24N4O2. The van der Waals surface area contributed by atoms with E-state index in [1.54, 1.807) is 42.7 Å². The molecule has 0 aromatic carbocycles. The molecule has 1 atom stereocenters. The fourth-order valence-electron chi connectivity index (χ4n) is 2.62. The van der Waals surface area contributed by atoms with Crippen molar-refractivity contribution < 1.29 is 9.59 Å². The smallest absolute Gasteiger partial charge is 0.256 e. The first kappa shape index (κ1) is 18.7. The van der Waals surface area contributed by atoms with E-state index in [4.69, 9.17) is 0 Å². The first-order valence-corrected chi connectivity index (χ1v) is 8.53. The van der Waals surface area contributed by atoms with Crippen molar-refractivity contribution in [2.45, 2.75) is 26.2 Å². The van der Waals surface area contributed by atoms with Crippen LogP contribution in [0.3, 0.4) is 0 Å². The van der Waals surface area contributed by atoms with Gasteiger partial charge in [0, 0.05) is 23.9 Å². The summed E-state index contributed by atoms with van der Waals surface area (Å²) in [6.45, 7) is 2.85. The maximum absolute atomic E-state index is 12.7. The van der Waals surface area contributed by atoms with Crippen molar-refractivity contribution in [2.75, 3.05) is 18.9 Å². The molecule has 2 aromatic rings. The van der Waals surface area contributed by atoms with E-state index in [1.807, 2.05) is 7.05 Å². The Hall–Kier alpha value is -2.60. The average molecular weight is 340 g/mol. The van der Waals surface area contributed by atoms with Gasteiger partial charge in [0.2, 0.25) is 0 Å². The molecule has 25 heavy (non-hydrogen) atoms. The lowest BCUT2D eigenvalue weighted by Crippen LogP contribution is -2.22. The number of ketones is 1. The minimum absolute atomic E-state index is 0.0251. The summed E-state index contributed by atoms with van der Waals surface area (Å²) in [5.74, 6) is 0.0597. The van der Waals surface area contributed by atoms with Gasteiger partial charge < -0.3 is 10.6 Å². The SMILES string of the molecule is CCC[C@H](CCNC)C(=O)c1cccc(NC(=O)c2ccncc2)n1. The molecule has 2 rings (SSSR count). The second-order valence-electron chi connectivity index (χ2n) is 5.84. The maximum atomic E-state index is 12.7. The van der Waals surface area contributed by atoms with E-state index in [0.29, 0.717) is 17.1 Å². The number of hydrogen-bond donors (Lipinski definition) is 2. The molecule has 6 nitrogen and oxygen atoms in total. The lowest BCUT2D eigenvalue weighted by Gasteiger charge is -2.15. The van der Waals surface area contributed by atoms with Crippen LogP contribution in [-0.4, -0.2) is 35.3 Å². The van der Waals surface area contributed by atoms with Crippen LogP contribution in [0.5, 0.6) is 0 Å². The summed E-state index contributed by atoms with van der Waals surface area (Å²) in [6, 6.07) is 8.37. The second-order valence-corrected chi connectivity index (χ2v) is 5.84. The number of pyridine rings is 2. The number of Topliss-reactive ketones (excluding diaryl/α,β-unsaturated/α-hetero) is 1. The highest BCUT2D eigenvalue weighted by Gasteiger charge is 2.20. The minimum Gasteiger partial charge on any atom is -0.320 e. The van der Waals surface area contributed by atoms with Crippen molar-refractivity contribution in [2.24, 2.45) is 5.92 Å². The molecule has 2 heterocycles. The first-order chi connectivity index (χ1) is 12.2. The van der Waals surface area contributed by atoms with Crippen molar-refractivity contribution in [1.82, 2.24) is 15.3 Å². The predicted octanol–water partition coefficient (Wildman–Crippen LogP) is 2.94. The van der Waals surface area contributed by atoms with Gasteiger partial charge in [-0.2, -0.15) is 0 Å². The van der Waals surface area contributed by atoms with Crippen molar-refractivity contribution >= 4 is 17.5 Å². The number of carbonyl (C=O) groups excluding carboxylic acids is 2. The van der Waals surface area contributed by atoms with E-state index in [1.165, 1.54) is 0 Å². The van der Waals surface area contributed by atoms with Gasteiger partial charge in [-0.25, -0.2) is 4.98 Å². The van der Waals surface area contributed by atoms with Crippen molar-refractivity contribution in [3.63, 3.8) is 0 Å². The van der Waals surface area contributed by atoms with Crippen molar-refractivity contribution in [1.29, 1.82) is 0 Å². The molecule has 0 saturated carbocycles. The average Bonchev–Trinajstić information content (AvgIpc) is 2.65. The lowest BCUT2D eigenvalue weighted by molar-refractivity contribution is 0.0900. The summed E-state index contributed by atoms with van der Waals surface area (Å²) in [5, 5.41) is 5.81. The van der Waals surface area contributed by atoms with E-state index >= 15 is 0 Å². The zero-order chi connectivity index (χ0) is 18.1. The van der Waals surface area contributed by atoms with Crippen LogP contribution >= 0.6 is 0 Å². The van der Waals surface area contributed by atoms with E-state index in [2.05, 4.69) is 27.5 Å². The number of nitrogens with one attached hydrogen (secondary N) is 2. The van der Waals surface area contributed by atoms with Gasteiger partial charge in [-0.3, -0.25) is 14.6 Å². The van der Waals surface area contributed by atoms with Gasteiger partial charge in [-0.05, 0) is 50.7 Å². The Bertz CT molecular complexity index is 704. The molecule has 0 aliphatic rings. The zero-order valence-electron chi connectivity index (χ0n) is 14.7. The fourth-order valence-corrected chi connectivity index (χ4v) is 2.62. The molecule has 1 amide bonds. The van der Waals surface area contributed by atoms with Gasteiger partial charge in [-0.15, -0.1) is 0 Å². The summed E-state index contributed by atoms with van der Waals surface area (Å²) < 4.78 is 0. The molecule has 2 aromatic heterocycles. The normalized spacial score (nSPS) is 11.8. The molecule has 0 unspecified atom stereocenters. The number of amides is 1. The minimum atomic E-state index is -0.278. The number of anilines is 1. The molecule has 0 fully saturated rings. The third kappa shape index (κ3) is 5.46. The molecular weight excluding hydrogens is 316 g/mol. The van der Waals surface area contributed by atoms with Gasteiger partial charge >= 0.3 is 0 Å². The lowest BCUT2D eigenvalue weighted by atomic mass is 9.93. The zero-order valence-corrected chi connectivity index (χ0v) is 14.7. The van der Waals surface area contributed by atoms with Gasteiger partial charge in [-0.1, -0.05) is 19.4 Å². The van der Waals surface area contributed by atoms with Gasteiger partial charge in [0.25, 0.3) is 5.91 Å². The quantitative estimate of drug-likeness (QED) is 0.686. The molecule has 0 radical (unpaired) electrons. The Morgan fingerprint density at radius 2 is 1.88 bits per heavy atom. The molecule has 0 aliphatic carbocycles. The Morgan fingerprint density at radius 3 is 2.56 bits per heavy atom. The van der Waals surface area contributed by atoms with E-state index in [9.17, 15) is 9.59 Å². The highest BCUT2D eigenvalue weighted by molar-refractivity contribution is 6.04. The van der Waals surface area contributed by atoms with Crippen LogP contribution in [0.1, 0.15) is 47.0 Å². The van der Waals surface area contributed by atoms with Crippen molar-refractivity contribution in [3.8, 4) is 0 Å². The largest absolute Gasteiger partial charge is 0.320 e. The molecule has 0 spiro atoms. The molecule has 0 saturated heterocycles. The van der Waals surface area contributed by atoms with Crippen LogP contribution in [-0.2, 0) is 0 Å². The van der Waals surface area contributed by atoms with E-state index < -0.39 is 0 Å². The second kappa shape index (κ2) is 9.64. The van der Waals surface area contributed by atoms with Crippen LogP contribution in [0.2, 0.25) is 0 Å². The summed E-state index contributed by atoms with van der Waals surface area (Å²) in [4.78, 5) is 33.2. The number of nitrogens with zero attached hydrogens (tertiary/aromatic N) is 2. The molecule has 0 aliphatic heterocycles. The van der Waals surface area contributed by atoms with E-state index in [-0.39, 0.29) is 17.6 Å². The Balaban J connectivity index is 2.11. The standard InChI is InChI=1S/C19H24N4O2/c1-3-5-14(8-11-20-2)18(24)16-6-4-7-17(22-16)23-19(25)15-9-12-21-13-10-15/h4,6-7,9-10,12-14,20H,3,5,8,11H2,1-2H3,(H,22,23,25)/t14-/m1/s1. The highest BCUT2D eigenvalue weighted by atomic mass is 16.1. The summed E-state index contributed by atoms with van der Waals surface area (Å²) >= 11 is 0. The Morgan fingerprint density at radius 1 is 1.12 bits per heavy atom. The fraction of sp³-hybridized carbons (Fsp3) is 0.368. The highest BCUT2D eigenvalue weighted by Crippen LogP contribution is 2.18. The molecule has 6 heteroatoms. The molecule has 2 N–H and O–H groups in total. The molecule has 0 bridgehead atoms. The third-order valence-electron chi connectivity index (χ3n) is 3.94. The molecule has 132 valence electrons. The maximum Gasteiger partial charge on any atom is 0.256 e. The van der Waals surface area contributed by atoms with Crippen LogP contribution in [0, 0.1) is 5.92 Å². The monoisotopic (exact) mass is 340 g/mol. The number of rotatable bonds is 9. The number of carbonyl (C=O) groups is 2. The summed E-state index contributed by atoms with van der Waals surface area (Å²) in [5.41, 5.74) is 0.883. The summed E-state index contributed by atoms with van der Waals surface area (Å²) in [7, 11) is 1.88. The van der Waals surface area contributed by atoms with Gasteiger partial charge in [0.05, 0.1) is 0 Å². The van der Waals surface area contributed by atoms with E-state index in [0.717, 1.165) is 25.8 Å². The van der Waals surface area contributed by atoms with Gasteiger partial charge in [0.1, 0.15) is 11.5 Å².